The third kappa shape index (κ3) is 2.91. The number of furan rings is 1. The molecule has 0 saturated carbocycles. The lowest BCUT2D eigenvalue weighted by Crippen LogP contribution is -2.10. The van der Waals surface area contributed by atoms with Gasteiger partial charge in [0.05, 0.1) is 0 Å². The first-order chi connectivity index (χ1) is 10.6. The van der Waals surface area contributed by atoms with Crippen molar-refractivity contribution in [3.8, 4) is 0 Å². The molecule has 0 unspecified atom stereocenters. The van der Waals surface area contributed by atoms with Gasteiger partial charge in [0.15, 0.2) is 11.5 Å². The summed E-state index contributed by atoms with van der Waals surface area (Å²) in [6.07, 6.45) is 1.02. The van der Waals surface area contributed by atoms with Crippen LogP contribution in [0.4, 0.5) is 0 Å². The van der Waals surface area contributed by atoms with Crippen molar-refractivity contribution in [1.29, 1.82) is 5.41 Å². The van der Waals surface area contributed by atoms with Gasteiger partial charge >= 0.3 is 0 Å². The molecular formula is C18H16N2O2. The van der Waals surface area contributed by atoms with Crippen molar-refractivity contribution in [3.63, 3.8) is 0 Å². The van der Waals surface area contributed by atoms with E-state index in [0.29, 0.717) is 24.2 Å². The van der Waals surface area contributed by atoms with E-state index in [4.69, 9.17) is 15.6 Å². The van der Waals surface area contributed by atoms with Crippen molar-refractivity contribution in [2.45, 2.75) is 12.8 Å². The predicted octanol–water partition coefficient (Wildman–Crippen LogP) is 3.53. The van der Waals surface area contributed by atoms with Gasteiger partial charge in [0.2, 0.25) is 0 Å². The second kappa shape index (κ2) is 5.85. The van der Waals surface area contributed by atoms with E-state index in [1.54, 1.807) is 18.2 Å². The molecule has 0 aliphatic carbocycles. The summed E-state index contributed by atoms with van der Waals surface area (Å²) in [6, 6.07) is 16.7. The number of benzene rings is 2. The highest BCUT2D eigenvalue weighted by Crippen LogP contribution is 2.20. The van der Waals surface area contributed by atoms with E-state index >= 15 is 0 Å². The Morgan fingerprint density at radius 2 is 1.82 bits per heavy atom. The van der Waals surface area contributed by atoms with E-state index in [1.165, 1.54) is 0 Å². The normalized spacial score (nSPS) is 10.7. The van der Waals surface area contributed by atoms with E-state index in [9.17, 15) is 4.79 Å². The van der Waals surface area contributed by atoms with Crippen molar-refractivity contribution in [3.05, 3.63) is 71.5 Å². The fourth-order valence-electron chi connectivity index (χ4n) is 2.35. The van der Waals surface area contributed by atoms with Gasteiger partial charge in [-0.05, 0) is 24.1 Å². The van der Waals surface area contributed by atoms with Crippen LogP contribution >= 0.6 is 0 Å². The summed E-state index contributed by atoms with van der Waals surface area (Å²) in [4.78, 5) is 12.2. The second-order valence-electron chi connectivity index (χ2n) is 5.18. The lowest BCUT2D eigenvalue weighted by Gasteiger charge is -2.02. The molecular weight excluding hydrogens is 276 g/mol. The Morgan fingerprint density at radius 1 is 1.09 bits per heavy atom. The van der Waals surface area contributed by atoms with Crippen molar-refractivity contribution in [1.82, 2.24) is 0 Å². The topological polar surface area (TPSA) is 80.1 Å². The first kappa shape index (κ1) is 14.1. The van der Waals surface area contributed by atoms with Crippen LogP contribution in [-0.2, 0) is 6.42 Å². The number of nitrogens with one attached hydrogen (secondary N) is 1. The SMILES string of the molecule is N=C(N)c1ccc(CCC(=O)c2cc3ccccc3o2)cc1. The van der Waals surface area contributed by atoms with Gasteiger partial charge in [-0.1, -0.05) is 42.5 Å². The number of hydrogen-bond acceptors (Lipinski definition) is 3. The Morgan fingerprint density at radius 3 is 2.50 bits per heavy atom. The molecule has 3 aromatic rings. The molecule has 1 heterocycles. The highest BCUT2D eigenvalue weighted by Gasteiger charge is 2.12. The standard InChI is InChI=1S/C18H16N2O2/c19-18(20)13-8-5-12(6-9-13)7-10-15(21)17-11-14-3-1-2-4-16(14)22-17/h1-6,8-9,11H,7,10H2,(H3,19,20). The smallest absolute Gasteiger partial charge is 0.198 e. The van der Waals surface area contributed by atoms with Gasteiger partial charge in [-0.25, -0.2) is 0 Å². The molecule has 0 aliphatic rings. The minimum atomic E-state index is -0.00755. The molecule has 4 nitrogen and oxygen atoms in total. The van der Waals surface area contributed by atoms with E-state index in [-0.39, 0.29) is 11.6 Å². The number of carbonyl (C=O) groups is 1. The molecule has 0 radical (unpaired) electrons. The fourth-order valence-corrected chi connectivity index (χ4v) is 2.35. The molecule has 0 bridgehead atoms. The van der Waals surface area contributed by atoms with Gasteiger partial charge in [0, 0.05) is 17.4 Å². The van der Waals surface area contributed by atoms with E-state index in [2.05, 4.69) is 0 Å². The van der Waals surface area contributed by atoms with Gasteiger partial charge < -0.3 is 10.2 Å². The number of para-hydroxylation sites is 1. The van der Waals surface area contributed by atoms with Crippen LogP contribution in [-0.4, -0.2) is 11.6 Å². The molecule has 3 N–H and O–H groups in total. The number of fused-ring (bicyclic) bond motifs is 1. The highest BCUT2D eigenvalue weighted by molar-refractivity contribution is 5.97. The molecule has 2 aromatic carbocycles. The van der Waals surface area contributed by atoms with Crippen LogP contribution in [0.1, 0.15) is 28.1 Å². The Bertz CT molecular complexity index is 799. The van der Waals surface area contributed by atoms with Gasteiger partial charge in [-0.2, -0.15) is 0 Å². The Labute approximate surface area is 128 Å². The third-order valence-corrected chi connectivity index (χ3v) is 3.61. The number of carbonyl (C=O) groups excluding carboxylic acids is 1. The third-order valence-electron chi connectivity index (χ3n) is 3.61. The van der Waals surface area contributed by atoms with Crippen LogP contribution in [0.25, 0.3) is 11.0 Å². The molecule has 0 amide bonds. The molecule has 0 spiro atoms. The minimum absolute atomic E-state index is 0.00755. The van der Waals surface area contributed by atoms with Crippen molar-refractivity contribution in [2.75, 3.05) is 0 Å². The maximum absolute atomic E-state index is 12.2. The number of rotatable bonds is 5. The number of amidine groups is 1. The van der Waals surface area contributed by atoms with Crippen LogP contribution in [0.15, 0.2) is 59.0 Å². The van der Waals surface area contributed by atoms with Gasteiger partial charge in [-0.15, -0.1) is 0 Å². The molecule has 4 heteroatoms. The zero-order valence-corrected chi connectivity index (χ0v) is 12.0. The first-order valence-corrected chi connectivity index (χ1v) is 7.08. The maximum atomic E-state index is 12.2. The number of hydrogen-bond donors (Lipinski definition) is 2. The Kier molecular flexibility index (Phi) is 3.74. The fraction of sp³-hybridized carbons (Fsp3) is 0.111. The molecule has 3 rings (SSSR count). The van der Waals surface area contributed by atoms with Gasteiger partial charge in [0.25, 0.3) is 0 Å². The lowest BCUT2D eigenvalue weighted by molar-refractivity contribution is 0.0958. The highest BCUT2D eigenvalue weighted by atomic mass is 16.3. The quantitative estimate of drug-likeness (QED) is 0.429. The van der Waals surface area contributed by atoms with Crippen LogP contribution in [0.5, 0.6) is 0 Å². The van der Waals surface area contributed by atoms with E-state index in [1.807, 2.05) is 36.4 Å². The van der Waals surface area contributed by atoms with Crippen LogP contribution in [0.3, 0.4) is 0 Å². The van der Waals surface area contributed by atoms with Crippen molar-refractivity contribution >= 4 is 22.6 Å². The second-order valence-corrected chi connectivity index (χ2v) is 5.18. The van der Waals surface area contributed by atoms with Crippen LogP contribution in [0.2, 0.25) is 0 Å². The summed E-state index contributed by atoms with van der Waals surface area (Å²) < 4.78 is 5.57. The van der Waals surface area contributed by atoms with Gasteiger partial charge in [-0.3, -0.25) is 10.2 Å². The number of aryl methyl sites for hydroxylation is 1. The number of nitrogens with two attached hydrogens (primary N) is 1. The monoisotopic (exact) mass is 292 g/mol. The summed E-state index contributed by atoms with van der Waals surface area (Å²) in [7, 11) is 0. The van der Waals surface area contributed by atoms with E-state index < -0.39 is 0 Å². The zero-order valence-electron chi connectivity index (χ0n) is 12.0. The Hall–Kier alpha value is -2.88. The predicted molar refractivity (Wildman–Crippen MR) is 86.3 cm³/mol. The van der Waals surface area contributed by atoms with E-state index in [0.717, 1.165) is 16.5 Å². The average molecular weight is 292 g/mol. The molecule has 0 fully saturated rings. The summed E-state index contributed by atoms with van der Waals surface area (Å²) in [6.45, 7) is 0. The number of nitrogen functional groups attached to an aromatic ring is 1. The maximum Gasteiger partial charge on any atom is 0.198 e. The zero-order chi connectivity index (χ0) is 15.5. The first-order valence-electron chi connectivity index (χ1n) is 7.08. The summed E-state index contributed by atoms with van der Waals surface area (Å²) in [5, 5.41) is 8.29. The Balaban J connectivity index is 1.67. The molecule has 0 saturated heterocycles. The van der Waals surface area contributed by atoms with Crippen molar-refractivity contribution in [2.24, 2.45) is 5.73 Å². The van der Waals surface area contributed by atoms with Crippen molar-refractivity contribution < 1.29 is 9.21 Å². The lowest BCUT2D eigenvalue weighted by atomic mass is 10.0. The molecule has 110 valence electrons. The molecule has 0 atom stereocenters. The number of Topliss-reactive ketones (excluding diaryl/α,β-unsaturated/α-hetero) is 1. The van der Waals surface area contributed by atoms with Crippen LogP contribution in [0, 0.1) is 5.41 Å². The largest absolute Gasteiger partial charge is 0.453 e. The minimum Gasteiger partial charge on any atom is -0.453 e. The molecule has 0 aliphatic heterocycles. The molecule has 22 heavy (non-hydrogen) atoms. The molecule has 1 aromatic heterocycles. The number of ketones is 1. The summed E-state index contributed by atoms with van der Waals surface area (Å²) in [5.74, 6) is 0.443. The van der Waals surface area contributed by atoms with Gasteiger partial charge in [0.1, 0.15) is 11.4 Å². The average Bonchev–Trinajstić information content (AvgIpc) is 2.97. The van der Waals surface area contributed by atoms with Crippen LogP contribution < -0.4 is 5.73 Å². The summed E-state index contributed by atoms with van der Waals surface area (Å²) >= 11 is 0. The summed E-state index contributed by atoms with van der Waals surface area (Å²) in [5.41, 5.74) is 7.87.